The Morgan fingerprint density at radius 3 is 2.22 bits per heavy atom. The van der Waals surface area contributed by atoms with E-state index in [0.717, 1.165) is 30.9 Å². The molecule has 1 saturated heterocycles. The zero-order chi connectivity index (χ0) is 16.9. The molecule has 136 valence electrons. The van der Waals surface area contributed by atoms with Gasteiger partial charge < -0.3 is 15.5 Å². The fourth-order valence-corrected chi connectivity index (χ4v) is 3.93. The third-order valence-corrected chi connectivity index (χ3v) is 5.13. The lowest BCUT2D eigenvalue weighted by molar-refractivity contribution is 0.139. The number of likely N-dealkylation sites (tertiary alicyclic amines) is 1. The Morgan fingerprint density at radius 2 is 1.65 bits per heavy atom. The van der Waals surface area contributed by atoms with Crippen molar-refractivity contribution in [1.82, 2.24) is 15.5 Å². The van der Waals surface area contributed by atoms with E-state index in [1.165, 1.54) is 57.5 Å². The van der Waals surface area contributed by atoms with Crippen LogP contribution in [0, 0.1) is 11.8 Å². The monoisotopic (exact) mass is 342 g/mol. The summed E-state index contributed by atoms with van der Waals surface area (Å²) in [5.41, 5.74) is 0. The van der Waals surface area contributed by atoms with Crippen molar-refractivity contribution in [2.75, 3.05) is 51.8 Å². The second kappa shape index (κ2) is 12.9. The van der Waals surface area contributed by atoms with Gasteiger partial charge >= 0.3 is 0 Å². The predicted octanol–water partition coefficient (Wildman–Crippen LogP) is 3.05. The van der Waals surface area contributed by atoms with Gasteiger partial charge in [0.1, 0.15) is 0 Å². The van der Waals surface area contributed by atoms with Gasteiger partial charge in [0.05, 0.1) is 0 Å². The molecule has 0 spiro atoms. The molecule has 0 radical (unpaired) electrons. The molecule has 1 heterocycles. The Labute approximate surface area is 148 Å². The molecule has 1 fully saturated rings. The van der Waals surface area contributed by atoms with E-state index >= 15 is 0 Å². The minimum Gasteiger partial charge on any atom is -0.356 e. The first kappa shape index (κ1) is 20.6. The van der Waals surface area contributed by atoms with Crippen molar-refractivity contribution in [3.63, 3.8) is 0 Å². The van der Waals surface area contributed by atoms with Gasteiger partial charge in [0.2, 0.25) is 0 Å². The molecule has 0 aromatic rings. The predicted molar refractivity (Wildman–Crippen MR) is 106 cm³/mol. The number of hydrogen-bond donors (Lipinski definition) is 2. The van der Waals surface area contributed by atoms with Gasteiger partial charge in [-0.15, -0.1) is 0 Å². The van der Waals surface area contributed by atoms with Gasteiger partial charge in [0, 0.05) is 33.2 Å². The van der Waals surface area contributed by atoms with Crippen LogP contribution in [0.2, 0.25) is 0 Å². The largest absolute Gasteiger partial charge is 0.356 e. The standard InChI is InChI=1S/C18H38N4S/c1-16-13-17(2)15-22(14-16)11-7-5-9-20-18(19-3)21-10-6-8-12-23-4/h16-17H,5-15H2,1-4H3,(H2,19,20,21). The first-order chi connectivity index (χ1) is 11.2. The van der Waals surface area contributed by atoms with E-state index in [9.17, 15) is 0 Å². The van der Waals surface area contributed by atoms with Crippen LogP contribution in [0.4, 0.5) is 0 Å². The molecule has 0 amide bonds. The maximum absolute atomic E-state index is 4.29. The van der Waals surface area contributed by atoms with Crippen LogP contribution in [0.15, 0.2) is 4.99 Å². The Hall–Kier alpha value is -0.420. The SMILES string of the molecule is CN=C(NCCCCSC)NCCCCN1CC(C)CC(C)C1. The van der Waals surface area contributed by atoms with Gasteiger partial charge in [-0.1, -0.05) is 13.8 Å². The van der Waals surface area contributed by atoms with Crippen LogP contribution in [-0.2, 0) is 0 Å². The average molecular weight is 343 g/mol. The van der Waals surface area contributed by atoms with E-state index in [1.807, 2.05) is 18.8 Å². The summed E-state index contributed by atoms with van der Waals surface area (Å²) < 4.78 is 0. The van der Waals surface area contributed by atoms with E-state index in [0.29, 0.717) is 0 Å². The first-order valence-corrected chi connectivity index (χ1v) is 10.7. The smallest absolute Gasteiger partial charge is 0.190 e. The number of aliphatic imine (C=N–C) groups is 1. The summed E-state index contributed by atoms with van der Waals surface area (Å²) in [6.07, 6.45) is 8.55. The van der Waals surface area contributed by atoms with Crippen molar-refractivity contribution in [3.8, 4) is 0 Å². The maximum Gasteiger partial charge on any atom is 0.190 e. The van der Waals surface area contributed by atoms with Gasteiger partial charge in [0.15, 0.2) is 5.96 Å². The molecular formula is C18H38N4S. The zero-order valence-electron chi connectivity index (χ0n) is 15.7. The van der Waals surface area contributed by atoms with Gasteiger partial charge in [-0.2, -0.15) is 11.8 Å². The van der Waals surface area contributed by atoms with Crippen molar-refractivity contribution in [2.24, 2.45) is 16.8 Å². The molecule has 1 aliphatic heterocycles. The van der Waals surface area contributed by atoms with Crippen molar-refractivity contribution in [1.29, 1.82) is 0 Å². The molecule has 1 aliphatic rings. The highest BCUT2D eigenvalue weighted by atomic mass is 32.2. The van der Waals surface area contributed by atoms with Crippen LogP contribution >= 0.6 is 11.8 Å². The second-order valence-electron chi connectivity index (χ2n) is 7.04. The molecule has 23 heavy (non-hydrogen) atoms. The lowest BCUT2D eigenvalue weighted by Gasteiger charge is -2.34. The lowest BCUT2D eigenvalue weighted by atomic mass is 9.92. The molecule has 0 bridgehead atoms. The molecule has 4 nitrogen and oxygen atoms in total. The van der Waals surface area contributed by atoms with Gasteiger partial charge in [-0.25, -0.2) is 0 Å². The summed E-state index contributed by atoms with van der Waals surface area (Å²) in [7, 11) is 1.85. The zero-order valence-corrected chi connectivity index (χ0v) is 16.6. The van der Waals surface area contributed by atoms with E-state index < -0.39 is 0 Å². The summed E-state index contributed by atoms with van der Waals surface area (Å²) in [6, 6.07) is 0. The summed E-state index contributed by atoms with van der Waals surface area (Å²) >= 11 is 1.92. The molecule has 2 atom stereocenters. The Balaban J connectivity index is 2.02. The van der Waals surface area contributed by atoms with Crippen molar-refractivity contribution < 1.29 is 0 Å². The Bertz CT molecular complexity index is 312. The highest BCUT2D eigenvalue weighted by molar-refractivity contribution is 7.98. The Kier molecular flexibility index (Phi) is 11.6. The molecule has 0 aromatic carbocycles. The summed E-state index contributed by atoms with van der Waals surface area (Å²) in [5.74, 6) is 3.94. The number of hydrogen-bond acceptors (Lipinski definition) is 3. The highest BCUT2D eigenvalue weighted by Crippen LogP contribution is 2.20. The molecule has 0 saturated carbocycles. The molecule has 2 unspecified atom stereocenters. The molecule has 5 heteroatoms. The summed E-state index contributed by atoms with van der Waals surface area (Å²) in [5, 5.41) is 6.83. The fourth-order valence-electron chi connectivity index (χ4n) is 3.44. The van der Waals surface area contributed by atoms with Crippen LogP contribution in [0.25, 0.3) is 0 Å². The van der Waals surface area contributed by atoms with Crippen LogP contribution < -0.4 is 10.6 Å². The number of unbranched alkanes of at least 4 members (excludes halogenated alkanes) is 2. The average Bonchev–Trinajstić information content (AvgIpc) is 2.51. The number of rotatable bonds is 10. The number of piperidine rings is 1. The normalized spacial score (nSPS) is 23.0. The number of nitrogens with one attached hydrogen (secondary N) is 2. The number of thioether (sulfide) groups is 1. The highest BCUT2D eigenvalue weighted by Gasteiger charge is 2.20. The summed E-state index contributed by atoms with van der Waals surface area (Å²) in [6.45, 7) is 10.6. The summed E-state index contributed by atoms with van der Waals surface area (Å²) in [4.78, 5) is 6.94. The van der Waals surface area contributed by atoms with E-state index in [-0.39, 0.29) is 0 Å². The van der Waals surface area contributed by atoms with Crippen LogP contribution in [-0.4, -0.2) is 62.6 Å². The molecule has 2 N–H and O–H groups in total. The van der Waals surface area contributed by atoms with E-state index in [1.54, 1.807) is 0 Å². The van der Waals surface area contributed by atoms with E-state index in [2.05, 4.69) is 40.6 Å². The molecule has 0 aliphatic carbocycles. The first-order valence-electron chi connectivity index (χ1n) is 9.31. The van der Waals surface area contributed by atoms with E-state index in [4.69, 9.17) is 0 Å². The van der Waals surface area contributed by atoms with Crippen LogP contribution in [0.3, 0.4) is 0 Å². The van der Waals surface area contributed by atoms with Gasteiger partial charge in [-0.3, -0.25) is 4.99 Å². The lowest BCUT2D eigenvalue weighted by Crippen LogP contribution is -2.40. The van der Waals surface area contributed by atoms with Gasteiger partial charge in [-0.05, 0) is 62.5 Å². The Morgan fingerprint density at radius 1 is 1.04 bits per heavy atom. The van der Waals surface area contributed by atoms with Crippen LogP contribution in [0.1, 0.15) is 46.0 Å². The third-order valence-electron chi connectivity index (χ3n) is 4.43. The number of guanidine groups is 1. The minimum atomic E-state index is 0.867. The quantitative estimate of drug-likeness (QED) is 0.364. The minimum absolute atomic E-state index is 0.867. The van der Waals surface area contributed by atoms with Crippen molar-refractivity contribution >= 4 is 17.7 Å². The van der Waals surface area contributed by atoms with Gasteiger partial charge in [0.25, 0.3) is 0 Å². The third kappa shape index (κ3) is 10.1. The van der Waals surface area contributed by atoms with Crippen molar-refractivity contribution in [2.45, 2.75) is 46.0 Å². The molecule has 1 rings (SSSR count). The topological polar surface area (TPSA) is 39.7 Å². The molecule has 0 aromatic heterocycles. The maximum atomic E-state index is 4.29. The molecular weight excluding hydrogens is 304 g/mol. The number of nitrogens with zero attached hydrogens (tertiary/aromatic N) is 2. The second-order valence-corrected chi connectivity index (χ2v) is 8.02. The van der Waals surface area contributed by atoms with Crippen molar-refractivity contribution in [3.05, 3.63) is 0 Å². The van der Waals surface area contributed by atoms with Crippen LogP contribution in [0.5, 0.6) is 0 Å². The fraction of sp³-hybridized carbons (Fsp3) is 0.944.